The molecule has 3 heteroatoms. The average molecular weight is 129 g/mol. The van der Waals surface area contributed by atoms with Crippen LogP contribution in [0.5, 0.6) is 0 Å². The number of carbonyl (C=O) groups is 1. The van der Waals surface area contributed by atoms with Gasteiger partial charge in [0.15, 0.2) is 0 Å². The largest absolute Gasteiger partial charge is 0.481 e. The minimum Gasteiger partial charge on any atom is -0.481 e. The van der Waals surface area contributed by atoms with Crippen molar-refractivity contribution in [1.82, 2.24) is 0 Å². The molecule has 52 valence electrons. The Hall–Kier alpha value is -1.04. The van der Waals surface area contributed by atoms with E-state index in [0.29, 0.717) is 6.54 Å². The second-order valence-electron chi connectivity index (χ2n) is 1.22. The highest BCUT2D eigenvalue weighted by Crippen LogP contribution is 1.67. The number of aliphatic carboxylic acids is 1. The van der Waals surface area contributed by atoms with E-state index in [1.807, 2.05) is 6.92 Å². The topological polar surface area (TPSA) is 41.7 Å². The number of nitrogens with zero attached hydrogens (tertiary/aromatic N) is 1. The normalized spacial score (nSPS) is 6.33. The van der Waals surface area contributed by atoms with Gasteiger partial charge in [0.25, 0.3) is 0 Å². The zero-order valence-corrected chi connectivity index (χ0v) is 5.72. The first-order valence-corrected chi connectivity index (χ1v) is 2.74. The third-order valence-corrected chi connectivity index (χ3v) is 0.461. The first kappa shape index (κ1) is 10.9. The molecule has 0 aromatic heterocycles. The highest BCUT2D eigenvalue weighted by atomic mass is 16.4. The third-order valence-electron chi connectivity index (χ3n) is 0.461. The highest BCUT2D eigenvalue weighted by Gasteiger charge is 1.80. The Kier molecular flexibility index (Phi) is 12.1. The molecule has 1 N–H and O–H groups in total. The smallest absolute Gasteiger partial charge is 0.303 e. The van der Waals surface area contributed by atoms with Gasteiger partial charge >= 0.3 is 5.97 Å². The van der Waals surface area contributed by atoms with Crippen molar-refractivity contribution in [2.24, 2.45) is 0 Å². The average Bonchev–Trinajstić information content (AvgIpc) is 1.89. The fraction of sp³-hybridized carbons (Fsp3) is 0.667. The van der Waals surface area contributed by atoms with Crippen molar-refractivity contribution >= 4 is 5.97 Å². The van der Waals surface area contributed by atoms with E-state index in [4.69, 9.17) is 11.7 Å². The molecule has 0 saturated carbocycles. The summed E-state index contributed by atoms with van der Waals surface area (Å²) >= 11 is 0. The van der Waals surface area contributed by atoms with Crippen LogP contribution < -0.4 is 0 Å². The summed E-state index contributed by atoms with van der Waals surface area (Å²) in [4.78, 5) is 12.4. The molecule has 0 spiro atoms. The molecule has 0 amide bonds. The second-order valence-corrected chi connectivity index (χ2v) is 1.22. The number of carboxylic acid groups (broad SMARTS) is 1. The molecule has 0 fully saturated rings. The minimum atomic E-state index is -0.745. The van der Waals surface area contributed by atoms with Crippen molar-refractivity contribution in [1.29, 1.82) is 0 Å². The molecular formula is C6H11NO2. The van der Waals surface area contributed by atoms with Crippen molar-refractivity contribution in [3.05, 3.63) is 11.4 Å². The predicted molar refractivity (Wildman–Crippen MR) is 35.1 cm³/mol. The van der Waals surface area contributed by atoms with Crippen LogP contribution in [0, 0.1) is 6.57 Å². The molecule has 0 aliphatic carbocycles. The van der Waals surface area contributed by atoms with Crippen LogP contribution in [0.25, 0.3) is 4.85 Å². The maximum Gasteiger partial charge on any atom is 0.303 e. The Morgan fingerprint density at radius 2 is 1.89 bits per heavy atom. The molecule has 0 saturated heterocycles. The monoisotopic (exact) mass is 129 g/mol. The molecule has 0 aromatic carbocycles. The van der Waals surface area contributed by atoms with Gasteiger partial charge in [-0.05, 0) is 0 Å². The van der Waals surface area contributed by atoms with Crippen molar-refractivity contribution < 1.29 is 9.90 Å². The van der Waals surface area contributed by atoms with Crippen molar-refractivity contribution in [3.63, 3.8) is 0 Å². The van der Waals surface area contributed by atoms with Gasteiger partial charge in [0, 0.05) is 13.3 Å². The fourth-order valence-electron chi connectivity index (χ4n) is 0. The standard InChI is InChI=1S/C3H5N.C3H6O2/c1-3-4-2;1-2-3(4)5/h3H2,1H3;2H2,1H3,(H,4,5). The highest BCUT2D eigenvalue weighted by molar-refractivity contribution is 5.66. The molecule has 0 aromatic rings. The molecule has 9 heavy (non-hydrogen) atoms. The van der Waals surface area contributed by atoms with Gasteiger partial charge in [-0.3, -0.25) is 4.79 Å². The Bertz CT molecular complexity index is 104. The molecular weight excluding hydrogens is 118 g/mol. The molecule has 3 nitrogen and oxygen atoms in total. The maximum atomic E-state index is 9.37. The Morgan fingerprint density at radius 1 is 1.67 bits per heavy atom. The summed E-state index contributed by atoms with van der Waals surface area (Å²) in [6.45, 7) is 10.1. The second kappa shape index (κ2) is 10.0. The minimum absolute atomic E-state index is 0.222. The summed E-state index contributed by atoms with van der Waals surface area (Å²) in [5, 5.41) is 7.72. The summed E-state index contributed by atoms with van der Waals surface area (Å²) in [6.07, 6.45) is 0.222. The summed E-state index contributed by atoms with van der Waals surface area (Å²) in [7, 11) is 0. The van der Waals surface area contributed by atoms with E-state index in [9.17, 15) is 4.79 Å². The molecule has 0 aliphatic rings. The van der Waals surface area contributed by atoms with Crippen LogP contribution in [-0.4, -0.2) is 17.6 Å². The first-order valence-electron chi connectivity index (χ1n) is 2.74. The number of hydrogen-bond acceptors (Lipinski definition) is 1. The van der Waals surface area contributed by atoms with Crippen molar-refractivity contribution in [2.45, 2.75) is 20.3 Å². The Labute approximate surface area is 55.1 Å². The molecule has 0 rings (SSSR count). The molecule has 0 heterocycles. The van der Waals surface area contributed by atoms with Crippen LogP contribution in [0.3, 0.4) is 0 Å². The Balaban J connectivity index is 0. The summed E-state index contributed by atoms with van der Waals surface area (Å²) < 4.78 is 0. The van der Waals surface area contributed by atoms with E-state index in [1.54, 1.807) is 6.92 Å². The van der Waals surface area contributed by atoms with Crippen molar-refractivity contribution in [2.75, 3.05) is 6.54 Å². The van der Waals surface area contributed by atoms with Crippen LogP contribution in [-0.2, 0) is 4.79 Å². The van der Waals surface area contributed by atoms with Crippen LogP contribution >= 0.6 is 0 Å². The predicted octanol–water partition coefficient (Wildman–Crippen LogP) is 1.41. The first-order chi connectivity index (χ1) is 4.18. The maximum absolute atomic E-state index is 9.37. The van der Waals surface area contributed by atoms with Crippen LogP contribution in [0.4, 0.5) is 0 Å². The van der Waals surface area contributed by atoms with E-state index in [0.717, 1.165) is 0 Å². The lowest BCUT2D eigenvalue weighted by Crippen LogP contribution is -1.86. The third kappa shape index (κ3) is 44.6. The van der Waals surface area contributed by atoms with Crippen LogP contribution in [0.15, 0.2) is 0 Å². The molecule has 0 bridgehead atoms. The van der Waals surface area contributed by atoms with Gasteiger partial charge in [-0.15, -0.1) is 0 Å². The molecule has 0 atom stereocenters. The van der Waals surface area contributed by atoms with E-state index in [2.05, 4.69) is 4.85 Å². The number of rotatable bonds is 1. The number of carboxylic acids is 1. The lowest BCUT2D eigenvalue weighted by molar-refractivity contribution is -0.136. The zero-order valence-electron chi connectivity index (χ0n) is 5.72. The summed E-state index contributed by atoms with van der Waals surface area (Å²) in [5.41, 5.74) is 0. The Morgan fingerprint density at radius 3 is 1.89 bits per heavy atom. The van der Waals surface area contributed by atoms with Gasteiger partial charge in [0.1, 0.15) is 0 Å². The quantitative estimate of drug-likeness (QED) is 0.544. The van der Waals surface area contributed by atoms with Gasteiger partial charge in [-0.1, -0.05) is 6.92 Å². The van der Waals surface area contributed by atoms with Crippen LogP contribution in [0.1, 0.15) is 20.3 Å². The van der Waals surface area contributed by atoms with E-state index in [1.165, 1.54) is 0 Å². The van der Waals surface area contributed by atoms with E-state index < -0.39 is 5.97 Å². The van der Waals surface area contributed by atoms with E-state index >= 15 is 0 Å². The summed E-state index contributed by atoms with van der Waals surface area (Å²) in [5.74, 6) is -0.745. The van der Waals surface area contributed by atoms with Gasteiger partial charge in [-0.25, -0.2) is 6.57 Å². The fourth-order valence-corrected chi connectivity index (χ4v) is 0. The van der Waals surface area contributed by atoms with Crippen molar-refractivity contribution in [3.8, 4) is 0 Å². The molecule has 0 aliphatic heterocycles. The lowest BCUT2D eigenvalue weighted by atomic mass is 10.5. The van der Waals surface area contributed by atoms with Gasteiger partial charge in [-0.2, -0.15) is 0 Å². The number of hydrogen-bond donors (Lipinski definition) is 1. The van der Waals surface area contributed by atoms with Gasteiger partial charge in [0.2, 0.25) is 6.54 Å². The molecule has 0 unspecified atom stereocenters. The molecule has 0 radical (unpaired) electrons. The summed E-state index contributed by atoms with van der Waals surface area (Å²) in [6, 6.07) is 0. The zero-order chi connectivity index (χ0) is 7.70. The lowest BCUT2D eigenvalue weighted by Gasteiger charge is -1.71. The van der Waals surface area contributed by atoms with Gasteiger partial charge in [0.05, 0.1) is 0 Å². The van der Waals surface area contributed by atoms with Gasteiger partial charge < -0.3 is 9.95 Å². The van der Waals surface area contributed by atoms with Crippen LogP contribution in [0.2, 0.25) is 0 Å². The SMILES string of the molecule is CCC(=O)O.[C-]#[N+]CC. The van der Waals surface area contributed by atoms with E-state index in [-0.39, 0.29) is 6.42 Å².